The van der Waals surface area contributed by atoms with Gasteiger partial charge >= 0.3 is 0 Å². The summed E-state index contributed by atoms with van der Waals surface area (Å²) in [6.45, 7) is 7.29. The molecule has 0 aliphatic heterocycles. The molecule has 0 bridgehead atoms. The number of aryl methyl sites for hydroxylation is 4. The third-order valence-corrected chi connectivity index (χ3v) is 6.55. The van der Waals surface area contributed by atoms with Gasteiger partial charge in [-0.1, -0.05) is 24.3 Å². The van der Waals surface area contributed by atoms with Gasteiger partial charge < -0.3 is 19.9 Å². The minimum Gasteiger partial charge on any atom is -0.446 e. The zero-order valence-corrected chi connectivity index (χ0v) is 29.4. The van der Waals surface area contributed by atoms with Gasteiger partial charge in [-0.2, -0.15) is 0 Å². The summed E-state index contributed by atoms with van der Waals surface area (Å²) < 4.78 is 36.8. The molecule has 0 spiro atoms. The average Bonchev–Trinajstić information content (AvgIpc) is 3.61. The van der Waals surface area contributed by atoms with Gasteiger partial charge in [0.1, 0.15) is 46.2 Å². The number of hydrogen-bond donors (Lipinski definition) is 2. The van der Waals surface area contributed by atoms with Crippen molar-refractivity contribution in [3.63, 3.8) is 0 Å². The van der Waals surface area contributed by atoms with E-state index in [1.807, 2.05) is 26.8 Å². The molecule has 0 saturated heterocycles. The van der Waals surface area contributed by atoms with E-state index in [4.69, 9.17) is 49.4 Å². The minimum absolute atomic E-state index is 0.0265. The number of pyridine rings is 2. The summed E-state index contributed by atoms with van der Waals surface area (Å²) in [5.74, 6) is 1.88. The summed E-state index contributed by atoms with van der Waals surface area (Å²) in [5.41, 5.74) is 8.63. The Morgan fingerprint density at radius 1 is 0.720 bits per heavy atom. The molecule has 1 amide bonds. The molecule has 0 radical (unpaired) electrons. The monoisotopic (exact) mass is 742 g/mol. The van der Waals surface area contributed by atoms with Crippen LogP contribution in [0.25, 0.3) is 22.5 Å². The Balaban J connectivity index is 0.000000213. The number of alkyl halides is 2. The van der Waals surface area contributed by atoms with Crippen LogP contribution in [0.2, 0.25) is 0 Å². The molecule has 0 aliphatic rings. The Labute approximate surface area is 301 Å². The van der Waals surface area contributed by atoms with Gasteiger partial charge in [0.2, 0.25) is 0 Å². The normalized spacial score (nSPS) is 10.0. The van der Waals surface area contributed by atoms with Crippen LogP contribution in [0, 0.1) is 39.3 Å². The summed E-state index contributed by atoms with van der Waals surface area (Å²) >= 11 is 14.6. The molecule has 0 fully saturated rings. The fraction of sp³-hybridized carbons (Fsp3) is 0.143. The second kappa shape index (κ2) is 19.1. The number of rotatable bonds is 5. The SMILES string of the molecule is Cc1nc(-c2ccc(N)nc2)c(C)o1.Cc1nc(-c2ccc(NC(=O)c3ccccc3F)nc2)c(C)o1.ClCCl.O=C(Cl)c1ccccc1F. The van der Waals surface area contributed by atoms with Crippen molar-refractivity contribution in [2.45, 2.75) is 27.7 Å². The fourth-order valence-corrected chi connectivity index (χ4v) is 4.35. The highest BCUT2D eigenvalue weighted by molar-refractivity contribution is 6.67. The Morgan fingerprint density at radius 2 is 1.18 bits per heavy atom. The van der Waals surface area contributed by atoms with E-state index in [0.717, 1.165) is 22.6 Å². The zero-order valence-electron chi connectivity index (χ0n) is 27.2. The Bertz CT molecular complexity index is 2020. The number of carbonyl (C=O) groups is 2. The first-order valence-corrected chi connectivity index (χ1v) is 16.0. The molecular formula is C35H31Cl3F2N6O4. The van der Waals surface area contributed by atoms with E-state index in [1.54, 1.807) is 49.6 Å². The van der Waals surface area contributed by atoms with E-state index < -0.39 is 22.8 Å². The number of nitrogens with two attached hydrogens (primary N) is 1. The minimum atomic E-state index is -0.766. The molecule has 3 N–H and O–H groups in total. The molecule has 4 aromatic heterocycles. The number of nitrogen functional groups attached to an aromatic ring is 1. The molecule has 15 heteroatoms. The number of nitrogens with one attached hydrogen (secondary N) is 1. The first-order chi connectivity index (χ1) is 23.8. The van der Waals surface area contributed by atoms with Gasteiger partial charge in [0.05, 0.1) is 16.5 Å². The van der Waals surface area contributed by atoms with E-state index >= 15 is 0 Å². The lowest BCUT2D eigenvalue weighted by atomic mass is 10.2. The lowest BCUT2D eigenvalue weighted by Crippen LogP contribution is -2.14. The van der Waals surface area contributed by atoms with Gasteiger partial charge in [-0.3, -0.25) is 9.59 Å². The van der Waals surface area contributed by atoms with E-state index in [9.17, 15) is 18.4 Å². The van der Waals surface area contributed by atoms with Crippen LogP contribution in [0.1, 0.15) is 44.0 Å². The predicted molar refractivity (Wildman–Crippen MR) is 190 cm³/mol. The van der Waals surface area contributed by atoms with Crippen molar-refractivity contribution < 1.29 is 27.2 Å². The van der Waals surface area contributed by atoms with Crippen LogP contribution in [-0.4, -0.2) is 36.4 Å². The molecule has 4 heterocycles. The molecule has 260 valence electrons. The number of halogens is 5. The van der Waals surface area contributed by atoms with Crippen LogP contribution in [-0.2, 0) is 0 Å². The maximum absolute atomic E-state index is 13.6. The Kier molecular flexibility index (Phi) is 15.0. The maximum atomic E-state index is 13.6. The highest BCUT2D eigenvalue weighted by Crippen LogP contribution is 2.24. The third kappa shape index (κ3) is 11.5. The second-order valence-electron chi connectivity index (χ2n) is 9.97. The first-order valence-electron chi connectivity index (χ1n) is 14.5. The van der Waals surface area contributed by atoms with Gasteiger partial charge in [0.25, 0.3) is 11.1 Å². The standard InChI is InChI=1S/C17H14FN3O2.C10H11N3O.C7H4ClFO.CH2Cl2/c1-10-16(20-11(2)23-10)12-7-8-15(19-9-12)21-17(22)13-5-3-4-6-14(13)18;1-6-10(13-7(2)14-6)8-3-4-9(11)12-5-8;8-7(10)5-3-1-2-4-6(5)9;2-1-3/h3-9H,1-2H3,(H,19,21,22);3-5H,1-2H3,(H2,11,12);1-4H;1H2. The molecule has 10 nitrogen and oxygen atoms in total. The summed E-state index contributed by atoms with van der Waals surface area (Å²) in [7, 11) is 0. The molecular weight excluding hydrogens is 713 g/mol. The van der Waals surface area contributed by atoms with Crippen LogP contribution < -0.4 is 11.1 Å². The van der Waals surface area contributed by atoms with Crippen molar-refractivity contribution in [3.8, 4) is 22.5 Å². The summed E-state index contributed by atoms with van der Waals surface area (Å²) in [6.07, 6.45) is 3.28. The number of amides is 1. The summed E-state index contributed by atoms with van der Waals surface area (Å²) in [5, 5.41) is 1.99. The van der Waals surface area contributed by atoms with Crippen molar-refractivity contribution in [1.82, 2.24) is 19.9 Å². The largest absolute Gasteiger partial charge is 0.446 e. The van der Waals surface area contributed by atoms with Crippen LogP contribution in [0.5, 0.6) is 0 Å². The third-order valence-electron chi connectivity index (χ3n) is 6.35. The van der Waals surface area contributed by atoms with E-state index in [0.29, 0.717) is 34.9 Å². The number of hydrogen-bond acceptors (Lipinski definition) is 9. The molecule has 50 heavy (non-hydrogen) atoms. The van der Waals surface area contributed by atoms with Crippen LogP contribution in [0.3, 0.4) is 0 Å². The van der Waals surface area contributed by atoms with Crippen molar-refractivity contribution in [1.29, 1.82) is 0 Å². The van der Waals surface area contributed by atoms with Crippen LogP contribution in [0.15, 0.2) is 94.0 Å². The van der Waals surface area contributed by atoms with Gasteiger partial charge in [-0.25, -0.2) is 28.7 Å². The fourth-order valence-electron chi connectivity index (χ4n) is 4.20. The lowest BCUT2D eigenvalue weighted by Gasteiger charge is -2.06. The highest BCUT2D eigenvalue weighted by Gasteiger charge is 2.13. The van der Waals surface area contributed by atoms with Crippen molar-refractivity contribution in [3.05, 3.63) is 131 Å². The van der Waals surface area contributed by atoms with Gasteiger partial charge in [-0.15, -0.1) is 23.2 Å². The van der Waals surface area contributed by atoms with E-state index in [-0.39, 0.29) is 16.5 Å². The number of nitrogens with zero attached hydrogens (tertiary/aromatic N) is 4. The molecule has 2 aromatic carbocycles. The van der Waals surface area contributed by atoms with E-state index in [1.165, 1.54) is 36.4 Å². The second-order valence-corrected chi connectivity index (χ2v) is 11.1. The smallest absolute Gasteiger partial charge is 0.259 e. The lowest BCUT2D eigenvalue weighted by molar-refractivity contribution is 0.102. The van der Waals surface area contributed by atoms with E-state index in [2.05, 4.69) is 25.3 Å². The summed E-state index contributed by atoms with van der Waals surface area (Å²) in [6, 6.07) is 18.4. The van der Waals surface area contributed by atoms with Crippen molar-refractivity contribution >= 4 is 57.6 Å². The average molecular weight is 744 g/mol. The molecule has 0 unspecified atom stereocenters. The number of anilines is 2. The Hall–Kier alpha value is -5.17. The van der Waals surface area contributed by atoms with Gasteiger partial charge in [0, 0.05) is 37.4 Å². The van der Waals surface area contributed by atoms with Crippen molar-refractivity contribution in [2.24, 2.45) is 0 Å². The van der Waals surface area contributed by atoms with Crippen molar-refractivity contribution in [2.75, 3.05) is 16.4 Å². The predicted octanol–water partition coefficient (Wildman–Crippen LogP) is 9.31. The quantitative estimate of drug-likeness (QED) is 0.130. The van der Waals surface area contributed by atoms with Crippen LogP contribution >= 0.6 is 34.8 Å². The van der Waals surface area contributed by atoms with Gasteiger partial charge in [0.15, 0.2) is 11.8 Å². The first kappa shape index (κ1) is 39.3. The topological polar surface area (TPSA) is 150 Å². The molecule has 6 rings (SSSR count). The zero-order chi connectivity index (χ0) is 36.8. The number of oxazole rings is 2. The Morgan fingerprint density at radius 3 is 1.54 bits per heavy atom. The number of benzene rings is 2. The maximum Gasteiger partial charge on any atom is 0.259 e. The van der Waals surface area contributed by atoms with Crippen LogP contribution in [0.4, 0.5) is 20.4 Å². The number of carbonyl (C=O) groups excluding carboxylic acids is 2. The molecule has 0 saturated carbocycles. The summed E-state index contributed by atoms with van der Waals surface area (Å²) in [4.78, 5) is 39.1. The highest BCUT2D eigenvalue weighted by atomic mass is 35.5. The molecule has 0 aliphatic carbocycles. The van der Waals surface area contributed by atoms with Gasteiger partial charge in [-0.05, 0) is 74.0 Å². The molecule has 0 atom stereocenters. The molecule has 6 aromatic rings. The number of aromatic nitrogens is 4.